The Hall–Kier alpha value is -0.630. The van der Waals surface area contributed by atoms with Gasteiger partial charge in [0, 0.05) is 0 Å². The van der Waals surface area contributed by atoms with Gasteiger partial charge in [-0.25, -0.2) is 5.73 Å². The van der Waals surface area contributed by atoms with Gasteiger partial charge in [-0.15, -0.1) is 6.58 Å². The summed E-state index contributed by atoms with van der Waals surface area (Å²) >= 11 is 0. The molecule has 0 aliphatic carbocycles. The minimum absolute atomic E-state index is 0.521. The van der Waals surface area contributed by atoms with E-state index in [1.165, 1.54) is 6.08 Å². The molecule has 0 bridgehead atoms. The van der Waals surface area contributed by atoms with E-state index in [1.807, 2.05) is 0 Å². The smallest absolute Gasteiger partial charge is 0.142 e. The molecule has 0 saturated carbocycles. The molecule has 33 valence electrons. The SMILES string of the molecule is C=CC([NH])C=O. The van der Waals surface area contributed by atoms with Crippen LogP contribution in [-0.4, -0.2) is 12.3 Å². The van der Waals surface area contributed by atoms with Crippen LogP contribution in [0.5, 0.6) is 0 Å². The van der Waals surface area contributed by atoms with Gasteiger partial charge in [-0.3, -0.25) is 0 Å². The maximum atomic E-state index is 9.48. The molecule has 0 aromatic heterocycles. The first-order valence-electron chi connectivity index (χ1n) is 1.60. The van der Waals surface area contributed by atoms with Crippen molar-refractivity contribution in [2.45, 2.75) is 6.04 Å². The van der Waals surface area contributed by atoms with E-state index in [2.05, 4.69) is 6.58 Å². The largest absolute Gasteiger partial charge is 0.301 e. The number of nitrogens with one attached hydrogen (secondary N) is 1. The highest BCUT2D eigenvalue weighted by atomic mass is 16.1. The van der Waals surface area contributed by atoms with E-state index in [-0.39, 0.29) is 0 Å². The number of rotatable bonds is 2. The molecule has 6 heavy (non-hydrogen) atoms. The van der Waals surface area contributed by atoms with Crippen molar-refractivity contribution in [3.63, 3.8) is 0 Å². The average molecular weight is 84.1 g/mol. The highest BCUT2D eigenvalue weighted by Gasteiger charge is 1.85. The second kappa shape index (κ2) is 2.60. The third kappa shape index (κ3) is 1.67. The quantitative estimate of drug-likeness (QED) is 0.343. The molecule has 1 unspecified atom stereocenters. The van der Waals surface area contributed by atoms with Crippen LogP contribution < -0.4 is 5.73 Å². The zero-order valence-electron chi connectivity index (χ0n) is 3.35. The summed E-state index contributed by atoms with van der Waals surface area (Å²) < 4.78 is 0. The van der Waals surface area contributed by atoms with Crippen LogP contribution in [0.25, 0.3) is 0 Å². The van der Waals surface area contributed by atoms with Gasteiger partial charge in [-0.1, -0.05) is 6.08 Å². The lowest BCUT2D eigenvalue weighted by atomic mass is 10.4. The Kier molecular flexibility index (Phi) is 2.33. The van der Waals surface area contributed by atoms with Crippen LogP contribution in [0.4, 0.5) is 0 Å². The van der Waals surface area contributed by atoms with Crippen LogP contribution in [0.15, 0.2) is 12.7 Å². The van der Waals surface area contributed by atoms with E-state index in [9.17, 15) is 4.79 Å². The van der Waals surface area contributed by atoms with Gasteiger partial charge in [-0.2, -0.15) is 0 Å². The molecule has 0 fully saturated rings. The zero-order valence-corrected chi connectivity index (χ0v) is 3.35. The fraction of sp³-hybridized carbons (Fsp3) is 0.250. The topological polar surface area (TPSA) is 40.9 Å². The summed E-state index contributed by atoms with van der Waals surface area (Å²) in [5, 5.41) is 0. The van der Waals surface area contributed by atoms with E-state index >= 15 is 0 Å². The van der Waals surface area contributed by atoms with Gasteiger partial charge in [0.15, 0.2) is 0 Å². The van der Waals surface area contributed by atoms with E-state index in [0.29, 0.717) is 6.29 Å². The Balaban J connectivity index is 3.21. The van der Waals surface area contributed by atoms with Gasteiger partial charge in [0.25, 0.3) is 0 Å². The van der Waals surface area contributed by atoms with Crippen LogP contribution in [0, 0.1) is 0 Å². The minimum Gasteiger partial charge on any atom is -0.301 e. The van der Waals surface area contributed by atoms with Gasteiger partial charge < -0.3 is 4.79 Å². The fourth-order valence-electron chi connectivity index (χ4n) is 0.0556. The van der Waals surface area contributed by atoms with Gasteiger partial charge in [0.05, 0.1) is 6.04 Å². The fourth-order valence-corrected chi connectivity index (χ4v) is 0.0556. The molecule has 0 rings (SSSR count). The highest BCUT2D eigenvalue weighted by molar-refractivity contribution is 5.59. The predicted molar refractivity (Wildman–Crippen MR) is 23.1 cm³/mol. The third-order valence-electron chi connectivity index (χ3n) is 0.401. The first-order valence-corrected chi connectivity index (χ1v) is 1.60. The third-order valence-corrected chi connectivity index (χ3v) is 0.401. The summed E-state index contributed by atoms with van der Waals surface area (Å²) in [6, 6.07) is -0.731. The number of hydrogen-bond donors (Lipinski definition) is 0. The van der Waals surface area contributed by atoms with Crippen molar-refractivity contribution in [3.05, 3.63) is 12.7 Å². The molecule has 0 amide bonds. The summed E-state index contributed by atoms with van der Waals surface area (Å²) in [4.78, 5) is 9.48. The summed E-state index contributed by atoms with van der Waals surface area (Å²) in [6.07, 6.45) is 1.79. The van der Waals surface area contributed by atoms with E-state index in [1.54, 1.807) is 0 Å². The standard InChI is InChI=1S/C4H6NO/c1-2-4(5)3-6/h2-5H,1H2. The lowest BCUT2D eigenvalue weighted by molar-refractivity contribution is -0.108. The van der Waals surface area contributed by atoms with Crippen LogP contribution in [0.3, 0.4) is 0 Å². The Morgan fingerprint density at radius 3 is 2.33 bits per heavy atom. The number of carbonyl (C=O) groups excluding carboxylic acids is 1. The monoisotopic (exact) mass is 84.0 g/mol. The van der Waals surface area contributed by atoms with Crippen molar-refractivity contribution >= 4 is 6.29 Å². The number of hydrogen-bond acceptors (Lipinski definition) is 1. The molecule has 0 aliphatic rings. The number of carbonyl (C=O) groups is 1. The van der Waals surface area contributed by atoms with Gasteiger partial charge in [-0.05, 0) is 0 Å². The molecule has 0 heterocycles. The molecule has 0 aromatic carbocycles. The second-order valence-electron chi connectivity index (χ2n) is 0.898. The van der Waals surface area contributed by atoms with Crippen molar-refractivity contribution in [2.24, 2.45) is 0 Å². The Morgan fingerprint density at radius 2 is 2.33 bits per heavy atom. The first-order chi connectivity index (χ1) is 2.81. The minimum atomic E-state index is -0.731. The normalized spacial score (nSPS) is 12.8. The van der Waals surface area contributed by atoms with Gasteiger partial charge >= 0.3 is 0 Å². The maximum absolute atomic E-state index is 9.48. The molecule has 0 aromatic rings. The van der Waals surface area contributed by atoms with Crippen molar-refractivity contribution in [2.75, 3.05) is 0 Å². The van der Waals surface area contributed by atoms with Crippen LogP contribution >= 0.6 is 0 Å². The summed E-state index contributed by atoms with van der Waals surface area (Å²) in [6.45, 7) is 3.21. The van der Waals surface area contributed by atoms with Crippen LogP contribution in [0.2, 0.25) is 0 Å². The van der Waals surface area contributed by atoms with Gasteiger partial charge in [0.1, 0.15) is 6.29 Å². The molecule has 1 atom stereocenters. The Morgan fingerprint density at radius 1 is 1.83 bits per heavy atom. The van der Waals surface area contributed by atoms with Crippen molar-refractivity contribution in [3.8, 4) is 0 Å². The molecule has 2 heteroatoms. The maximum Gasteiger partial charge on any atom is 0.142 e. The zero-order chi connectivity index (χ0) is 4.99. The van der Waals surface area contributed by atoms with Crippen molar-refractivity contribution in [1.29, 1.82) is 0 Å². The van der Waals surface area contributed by atoms with E-state index in [4.69, 9.17) is 5.73 Å². The Bertz CT molecular complexity index is 52.6. The lowest BCUT2D eigenvalue weighted by Gasteiger charge is -1.83. The number of aldehydes is 1. The lowest BCUT2D eigenvalue weighted by Crippen LogP contribution is -2.03. The molecule has 0 saturated heterocycles. The van der Waals surface area contributed by atoms with Crippen molar-refractivity contribution in [1.82, 2.24) is 5.73 Å². The first kappa shape index (κ1) is 5.37. The molecular formula is C4H6NO. The van der Waals surface area contributed by atoms with E-state index in [0.717, 1.165) is 0 Å². The second-order valence-corrected chi connectivity index (χ2v) is 0.898. The van der Waals surface area contributed by atoms with Crippen molar-refractivity contribution < 1.29 is 4.79 Å². The molecule has 1 N–H and O–H groups in total. The average Bonchev–Trinajstić information content (AvgIpc) is 1.65. The van der Waals surface area contributed by atoms with Gasteiger partial charge in [0.2, 0.25) is 0 Å². The summed E-state index contributed by atoms with van der Waals surface area (Å²) in [5.74, 6) is 0. The summed E-state index contributed by atoms with van der Waals surface area (Å²) in [5.41, 5.74) is 6.58. The van der Waals surface area contributed by atoms with Crippen LogP contribution in [-0.2, 0) is 4.79 Å². The van der Waals surface area contributed by atoms with E-state index < -0.39 is 6.04 Å². The molecule has 0 spiro atoms. The predicted octanol–water partition coefficient (Wildman–Crippen LogP) is 0.0228. The molecule has 1 radical (unpaired) electrons. The van der Waals surface area contributed by atoms with Crippen LogP contribution in [0.1, 0.15) is 0 Å². The molecule has 0 aliphatic heterocycles. The molecular weight excluding hydrogens is 78.0 g/mol. The molecule has 2 nitrogen and oxygen atoms in total. The highest BCUT2D eigenvalue weighted by Crippen LogP contribution is 1.68. The summed E-state index contributed by atoms with van der Waals surface area (Å²) in [7, 11) is 0. The Labute approximate surface area is 36.6 Å².